The Morgan fingerprint density at radius 3 is 2.25 bits per heavy atom. The quantitative estimate of drug-likeness (QED) is 0.859. The van der Waals surface area contributed by atoms with Crippen LogP contribution in [0, 0.1) is 11.7 Å². The number of nitrogens with one attached hydrogen (secondary N) is 2. The average molecular weight is 347 g/mol. The highest BCUT2D eigenvalue weighted by Crippen LogP contribution is 2.30. The summed E-state index contributed by atoms with van der Waals surface area (Å²) in [5.41, 5.74) is 1.42. The minimum absolute atomic E-state index is 0.0287. The minimum Gasteiger partial charge on any atom is -0.326 e. The largest absolute Gasteiger partial charge is 0.326 e. The van der Waals surface area contributed by atoms with Crippen molar-refractivity contribution in [2.24, 2.45) is 5.92 Å². The molecular formula is C18H16ClFN2O2. The standard InChI is InChI=1S/C18H16ClFN2O2/c19-15-2-1-3-16(20)14(15)10-17(23)21-12-6-8-13(9-7-12)22-18(24)11-4-5-11/h1-3,6-9,11H,4-5,10H2,(H,21,23)(H,22,24). The molecule has 6 heteroatoms. The lowest BCUT2D eigenvalue weighted by Crippen LogP contribution is -2.16. The Morgan fingerprint density at radius 2 is 1.67 bits per heavy atom. The Hall–Kier alpha value is -2.40. The lowest BCUT2D eigenvalue weighted by atomic mass is 10.1. The van der Waals surface area contributed by atoms with Crippen molar-refractivity contribution in [3.63, 3.8) is 0 Å². The number of benzene rings is 2. The van der Waals surface area contributed by atoms with Gasteiger partial charge < -0.3 is 10.6 Å². The second-order valence-corrected chi connectivity index (χ2v) is 6.17. The maximum Gasteiger partial charge on any atom is 0.228 e. The highest BCUT2D eigenvalue weighted by Gasteiger charge is 2.29. The molecule has 124 valence electrons. The number of rotatable bonds is 5. The molecule has 1 fully saturated rings. The van der Waals surface area contributed by atoms with Crippen LogP contribution in [-0.4, -0.2) is 11.8 Å². The first-order chi connectivity index (χ1) is 11.5. The van der Waals surface area contributed by atoms with E-state index in [0.29, 0.717) is 11.4 Å². The van der Waals surface area contributed by atoms with E-state index >= 15 is 0 Å². The van der Waals surface area contributed by atoms with Crippen LogP contribution in [0.1, 0.15) is 18.4 Å². The molecule has 0 bridgehead atoms. The van der Waals surface area contributed by atoms with Gasteiger partial charge in [0.1, 0.15) is 5.82 Å². The van der Waals surface area contributed by atoms with Gasteiger partial charge in [0.05, 0.1) is 6.42 Å². The van der Waals surface area contributed by atoms with Crippen LogP contribution in [0.25, 0.3) is 0 Å². The van der Waals surface area contributed by atoms with Crippen molar-refractivity contribution in [2.45, 2.75) is 19.3 Å². The number of amides is 2. The molecule has 0 heterocycles. The molecule has 0 atom stereocenters. The third kappa shape index (κ3) is 4.11. The topological polar surface area (TPSA) is 58.2 Å². The molecule has 0 aromatic heterocycles. The first-order valence-corrected chi connectivity index (χ1v) is 8.04. The minimum atomic E-state index is -0.504. The van der Waals surface area contributed by atoms with E-state index in [9.17, 15) is 14.0 Å². The third-order valence-corrected chi connectivity index (χ3v) is 4.14. The van der Waals surface area contributed by atoms with Crippen LogP contribution in [0.3, 0.4) is 0 Å². The Bertz CT molecular complexity index is 753. The van der Waals surface area contributed by atoms with E-state index in [-0.39, 0.29) is 34.7 Å². The molecule has 0 unspecified atom stereocenters. The van der Waals surface area contributed by atoms with Gasteiger partial charge in [0.15, 0.2) is 0 Å². The van der Waals surface area contributed by atoms with Crippen molar-refractivity contribution in [3.05, 3.63) is 58.9 Å². The molecule has 1 saturated carbocycles. The van der Waals surface area contributed by atoms with Gasteiger partial charge in [0.25, 0.3) is 0 Å². The summed E-state index contributed by atoms with van der Waals surface area (Å²) >= 11 is 5.92. The van der Waals surface area contributed by atoms with Crippen LogP contribution in [0.4, 0.5) is 15.8 Å². The van der Waals surface area contributed by atoms with Crippen molar-refractivity contribution in [1.29, 1.82) is 0 Å². The number of hydrogen-bond acceptors (Lipinski definition) is 2. The fourth-order valence-corrected chi connectivity index (χ4v) is 2.52. The van der Waals surface area contributed by atoms with E-state index in [1.165, 1.54) is 12.1 Å². The predicted molar refractivity (Wildman–Crippen MR) is 91.5 cm³/mol. The van der Waals surface area contributed by atoms with Gasteiger partial charge in [-0.1, -0.05) is 17.7 Å². The van der Waals surface area contributed by atoms with Gasteiger partial charge >= 0.3 is 0 Å². The van der Waals surface area contributed by atoms with Gasteiger partial charge in [-0.05, 0) is 49.2 Å². The van der Waals surface area contributed by atoms with Crippen LogP contribution in [0.5, 0.6) is 0 Å². The summed E-state index contributed by atoms with van der Waals surface area (Å²) in [7, 11) is 0. The van der Waals surface area contributed by atoms with Gasteiger partial charge in [0.2, 0.25) is 11.8 Å². The molecule has 3 rings (SSSR count). The zero-order chi connectivity index (χ0) is 17.1. The molecule has 2 amide bonds. The SMILES string of the molecule is O=C(Cc1c(F)cccc1Cl)Nc1ccc(NC(=O)C2CC2)cc1. The van der Waals surface area contributed by atoms with Crippen LogP contribution in [0.15, 0.2) is 42.5 Å². The van der Waals surface area contributed by atoms with E-state index in [4.69, 9.17) is 11.6 Å². The van der Waals surface area contributed by atoms with E-state index in [1.54, 1.807) is 30.3 Å². The summed E-state index contributed by atoms with van der Waals surface area (Å²) in [4.78, 5) is 23.7. The van der Waals surface area contributed by atoms with Gasteiger partial charge in [-0.15, -0.1) is 0 Å². The van der Waals surface area contributed by atoms with Crippen molar-refractivity contribution in [1.82, 2.24) is 0 Å². The Balaban J connectivity index is 1.59. The van der Waals surface area contributed by atoms with Crippen LogP contribution in [-0.2, 0) is 16.0 Å². The summed E-state index contributed by atoms with van der Waals surface area (Å²) in [6.07, 6.45) is 1.74. The Morgan fingerprint density at radius 1 is 1.04 bits per heavy atom. The summed E-state index contributed by atoms with van der Waals surface area (Å²) in [6, 6.07) is 11.1. The second-order valence-electron chi connectivity index (χ2n) is 5.77. The summed E-state index contributed by atoms with van der Waals surface area (Å²) in [5.74, 6) is -0.705. The monoisotopic (exact) mass is 346 g/mol. The summed E-state index contributed by atoms with van der Waals surface area (Å²) < 4.78 is 13.7. The number of carbonyl (C=O) groups excluding carboxylic acids is 2. The fourth-order valence-electron chi connectivity index (χ4n) is 2.29. The van der Waals surface area contributed by atoms with E-state index in [2.05, 4.69) is 10.6 Å². The van der Waals surface area contributed by atoms with Crippen molar-refractivity contribution in [2.75, 3.05) is 10.6 Å². The van der Waals surface area contributed by atoms with Crippen molar-refractivity contribution >= 4 is 34.8 Å². The highest BCUT2D eigenvalue weighted by molar-refractivity contribution is 6.31. The lowest BCUT2D eigenvalue weighted by molar-refractivity contribution is -0.117. The molecule has 24 heavy (non-hydrogen) atoms. The van der Waals surface area contributed by atoms with Gasteiger partial charge in [-0.3, -0.25) is 9.59 Å². The zero-order valence-electron chi connectivity index (χ0n) is 12.8. The third-order valence-electron chi connectivity index (χ3n) is 3.78. The Kier molecular flexibility index (Phi) is 4.81. The average Bonchev–Trinajstić information content (AvgIpc) is 3.38. The van der Waals surface area contributed by atoms with Gasteiger partial charge in [-0.25, -0.2) is 4.39 Å². The number of hydrogen-bond donors (Lipinski definition) is 2. The maximum atomic E-state index is 13.7. The van der Waals surface area contributed by atoms with E-state index in [1.807, 2.05) is 0 Å². The smallest absolute Gasteiger partial charge is 0.228 e. The molecule has 0 spiro atoms. The maximum absolute atomic E-state index is 13.7. The number of halogens is 2. The number of carbonyl (C=O) groups is 2. The van der Waals surface area contributed by atoms with E-state index < -0.39 is 5.82 Å². The van der Waals surface area contributed by atoms with Gasteiger partial charge in [0, 0.05) is 27.9 Å². The molecule has 4 nitrogen and oxygen atoms in total. The summed E-state index contributed by atoms with van der Waals surface area (Å²) in [5, 5.41) is 5.73. The van der Waals surface area contributed by atoms with E-state index in [0.717, 1.165) is 12.8 Å². The molecule has 0 saturated heterocycles. The molecular weight excluding hydrogens is 331 g/mol. The molecule has 2 aromatic rings. The molecule has 1 aliphatic rings. The van der Waals surface area contributed by atoms with Crippen LogP contribution < -0.4 is 10.6 Å². The molecule has 2 N–H and O–H groups in total. The molecule has 2 aromatic carbocycles. The van der Waals surface area contributed by atoms with Crippen LogP contribution >= 0.6 is 11.6 Å². The van der Waals surface area contributed by atoms with Crippen molar-refractivity contribution in [3.8, 4) is 0 Å². The highest BCUT2D eigenvalue weighted by atomic mass is 35.5. The zero-order valence-corrected chi connectivity index (χ0v) is 13.6. The van der Waals surface area contributed by atoms with Gasteiger partial charge in [-0.2, -0.15) is 0 Å². The normalized spacial score (nSPS) is 13.4. The second kappa shape index (κ2) is 7.01. The fraction of sp³-hybridized carbons (Fsp3) is 0.222. The Labute approximate surface area is 144 Å². The molecule has 0 radical (unpaired) electrons. The first kappa shape index (κ1) is 16.5. The number of anilines is 2. The van der Waals surface area contributed by atoms with Crippen molar-refractivity contribution < 1.29 is 14.0 Å². The first-order valence-electron chi connectivity index (χ1n) is 7.66. The summed E-state index contributed by atoms with van der Waals surface area (Å²) in [6.45, 7) is 0. The lowest BCUT2D eigenvalue weighted by Gasteiger charge is -2.09. The van der Waals surface area contributed by atoms with Crippen LogP contribution in [0.2, 0.25) is 5.02 Å². The molecule has 0 aliphatic heterocycles. The predicted octanol–water partition coefficient (Wildman–Crippen LogP) is 4.01. The molecule has 1 aliphatic carbocycles.